The van der Waals surface area contributed by atoms with Crippen LogP contribution in [0.2, 0.25) is 0 Å². The largest absolute Gasteiger partial charge is 0.392 e. The Morgan fingerprint density at radius 3 is 1.23 bits per heavy atom. The molecule has 0 saturated heterocycles. The van der Waals surface area contributed by atoms with Crippen LogP contribution in [0.15, 0.2) is 121 Å². The van der Waals surface area contributed by atoms with Crippen LogP contribution in [-0.4, -0.2) is 10.2 Å². The number of aliphatic hydroxyl groups excluding tert-OH is 2. The fraction of sp³-hybridized carbons (Fsp3) is 0.111. The van der Waals surface area contributed by atoms with Gasteiger partial charge in [-0.3, -0.25) is 0 Å². The topological polar surface area (TPSA) is 43.7 Å². The number of aryl methyl sites for hydroxylation is 2. The maximum absolute atomic E-state index is 9.51. The van der Waals surface area contributed by atoms with Gasteiger partial charge in [-0.05, 0) is 89.7 Å². The molecule has 0 radical (unpaired) electrons. The van der Waals surface area contributed by atoms with E-state index in [0.717, 1.165) is 33.8 Å². The molecule has 0 amide bonds. The van der Waals surface area contributed by atoms with Crippen molar-refractivity contribution in [2.24, 2.45) is 0 Å². The van der Waals surface area contributed by atoms with Gasteiger partial charge in [0, 0.05) is 17.1 Å². The van der Waals surface area contributed by atoms with Crippen LogP contribution in [0.3, 0.4) is 0 Å². The van der Waals surface area contributed by atoms with E-state index in [0.29, 0.717) is 0 Å². The third-order valence-corrected chi connectivity index (χ3v) is 6.94. The SMILES string of the molecule is Cc1ccc(C(=Cc2ccc(N(c3ccc(CO)cc3)c3ccc(CO)cc3)cc2)c2ccc(C)cc2)cc1. The summed E-state index contributed by atoms with van der Waals surface area (Å²) >= 11 is 0. The Labute approximate surface area is 231 Å². The van der Waals surface area contributed by atoms with Gasteiger partial charge in [0.25, 0.3) is 0 Å². The number of rotatable bonds is 8. The van der Waals surface area contributed by atoms with E-state index in [1.165, 1.54) is 27.8 Å². The van der Waals surface area contributed by atoms with E-state index in [-0.39, 0.29) is 13.2 Å². The summed E-state index contributed by atoms with van der Waals surface area (Å²) in [5.41, 5.74) is 11.9. The van der Waals surface area contributed by atoms with Gasteiger partial charge in [-0.25, -0.2) is 0 Å². The minimum absolute atomic E-state index is 0.0107. The van der Waals surface area contributed by atoms with Gasteiger partial charge in [0.05, 0.1) is 13.2 Å². The van der Waals surface area contributed by atoms with E-state index < -0.39 is 0 Å². The van der Waals surface area contributed by atoms with Crippen LogP contribution in [0.1, 0.15) is 38.9 Å². The van der Waals surface area contributed by atoms with Crippen molar-refractivity contribution in [1.29, 1.82) is 0 Å². The Morgan fingerprint density at radius 2 is 0.872 bits per heavy atom. The lowest BCUT2D eigenvalue weighted by atomic mass is 9.94. The highest BCUT2D eigenvalue weighted by molar-refractivity contribution is 5.92. The van der Waals surface area contributed by atoms with E-state index in [9.17, 15) is 10.2 Å². The number of aliphatic hydroxyl groups is 2. The molecule has 5 aromatic rings. The number of benzene rings is 5. The van der Waals surface area contributed by atoms with Crippen molar-refractivity contribution in [3.63, 3.8) is 0 Å². The van der Waals surface area contributed by atoms with Crippen molar-refractivity contribution in [3.8, 4) is 0 Å². The minimum atomic E-state index is 0.0107. The lowest BCUT2D eigenvalue weighted by Gasteiger charge is -2.26. The highest BCUT2D eigenvalue weighted by atomic mass is 16.3. The lowest BCUT2D eigenvalue weighted by molar-refractivity contribution is 0.281. The maximum atomic E-state index is 9.51. The Morgan fingerprint density at radius 1 is 0.513 bits per heavy atom. The van der Waals surface area contributed by atoms with Crippen LogP contribution in [0.4, 0.5) is 17.1 Å². The maximum Gasteiger partial charge on any atom is 0.0681 e. The van der Waals surface area contributed by atoms with E-state index in [4.69, 9.17) is 0 Å². The van der Waals surface area contributed by atoms with Crippen molar-refractivity contribution < 1.29 is 10.2 Å². The second-order valence-electron chi connectivity index (χ2n) is 9.87. The zero-order valence-corrected chi connectivity index (χ0v) is 22.4. The van der Waals surface area contributed by atoms with Gasteiger partial charge < -0.3 is 15.1 Å². The molecule has 0 spiro atoms. The monoisotopic (exact) mass is 511 g/mol. The second kappa shape index (κ2) is 12.0. The standard InChI is InChI=1S/C36H33NO2/c1-26-3-13-31(14-4-26)36(32-15-5-27(2)6-16-32)23-28-7-17-33(18-8-28)37(34-19-9-29(24-38)10-20-34)35-21-11-30(25-39)12-22-35/h3-23,38-39H,24-25H2,1-2H3. The second-order valence-corrected chi connectivity index (χ2v) is 9.87. The number of hydrogen-bond acceptors (Lipinski definition) is 3. The first-order valence-electron chi connectivity index (χ1n) is 13.2. The molecule has 2 N–H and O–H groups in total. The summed E-state index contributed by atoms with van der Waals surface area (Å²) in [6.45, 7) is 4.24. The van der Waals surface area contributed by atoms with E-state index in [1.807, 2.05) is 48.5 Å². The van der Waals surface area contributed by atoms with Gasteiger partial charge in [-0.1, -0.05) is 96.1 Å². The molecule has 0 saturated carbocycles. The molecule has 194 valence electrons. The van der Waals surface area contributed by atoms with Crippen LogP contribution in [0, 0.1) is 13.8 Å². The summed E-state index contributed by atoms with van der Waals surface area (Å²) in [4.78, 5) is 2.18. The lowest BCUT2D eigenvalue weighted by Crippen LogP contribution is -2.10. The van der Waals surface area contributed by atoms with E-state index in [1.54, 1.807) is 0 Å². The van der Waals surface area contributed by atoms with Gasteiger partial charge in [0.15, 0.2) is 0 Å². The van der Waals surface area contributed by atoms with Crippen LogP contribution < -0.4 is 4.90 Å². The van der Waals surface area contributed by atoms with Crippen molar-refractivity contribution >= 4 is 28.7 Å². The number of hydrogen-bond donors (Lipinski definition) is 2. The molecule has 0 fully saturated rings. The molecule has 0 aromatic heterocycles. The van der Waals surface area contributed by atoms with Gasteiger partial charge in [0.2, 0.25) is 0 Å². The molecule has 3 heteroatoms. The fourth-order valence-corrected chi connectivity index (χ4v) is 4.63. The molecular weight excluding hydrogens is 478 g/mol. The molecule has 3 nitrogen and oxygen atoms in total. The Hall–Kier alpha value is -4.44. The smallest absolute Gasteiger partial charge is 0.0681 e. The van der Waals surface area contributed by atoms with Crippen LogP contribution in [-0.2, 0) is 13.2 Å². The molecule has 0 bridgehead atoms. The van der Waals surface area contributed by atoms with Crippen molar-refractivity contribution in [3.05, 3.63) is 160 Å². The van der Waals surface area contributed by atoms with Crippen LogP contribution >= 0.6 is 0 Å². The predicted octanol–water partition coefficient (Wildman–Crippen LogP) is 8.35. The highest BCUT2D eigenvalue weighted by Crippen LogP contribution is 2.35. The predicted molar refractivity (Wildman–Crippen MR) is 162 cm³/mol. The molecule has 0 atom stereocenters. The average Bonchev–Trinajstić information content (AvgIpc) is 2.98. The first kappa shape index (κ1) is 26.2. The highest BCUT2D eigenvalue weighted by Gasteiger charge is 2.13. The van der Waals surface area contributed by atoms with Crippen molar-refractivity contribution in [2.45, 2.75) is 27.1 Å². The Kier molecular flexibility index (Phi) is 8.02. The molecule has 5 aromatic carbocycles. The number of anilines is 3. The molecule has 0 aliphatic heterocycles. The fourth-order valence-electron chi connectivity index (χ4n) is 4.63. The summed E-state index contributed by atoms with van der Waals surface area (Å²) in [7, 11) is 0. The van der Waals surface area contributed by atoms with E-state index in [2.05, 4.69) is 97.6 Å². The molecule has 5 rings (SSSR count). The zero-order valence-electron chi connectivity index (χ0n) is 22.4. The number of nitrogens with zero attached hydrogens (tertiary/aromatic N) is 1. The minimum Gasteiger partial charge on any atom is -0.392 e. The summed E-state index contributed by atoms with van der Waals surface area (Å²) < 4.78 is 0. The molecule has 0 unspecified atom stereocenters. The summed E-state index contributed by atoms with van der Waals surface area (Å²) in [5.74, 6) is 0. The normalized spacial score (nSPS) is 10.8. The van der Waals surface area contributed by atoms with Crippen LogP contribution in [0.5, 0.6) is 0 Å². The Bertz CT molecular complexity index is 1440. The first-order chi connectivity index (χ1) is 19.0. The molecule has 0 aliphatic rings. The van der Waals surface area contributed by atoms with Gasteiger partial charge in [0.1, 0.15) is 0 Å². The van der Waals surface area contributed by atoms with Crippen molar-refractivity contribution in [2.75, 3.05) is 4.90 Å². The quantitative estimate of drug-likeness (QED) is 0.206. The Balaban J connectivity index is 1.54. The summed E-state index contributed by atoms with van der Waals surface area (Å²) in [6.07, 6.45) is 2.25. The molecule has 0 heterocycles. The zero-order chi connectivity index (χ0) is 27.2. The van der Waals surface area contributed by atoms with Crippen LogP contribution in [0.25, 0.3) is 11.6 Å². The van der Waals surface area contributed by atoms with Gasteiger partial charge in [-0.15, -0.1) is 0 Å². The van der Waals surface area contributed by atoms with Crippen molar-refractivity contribution in [1.82, 2.24) is 0 Å². The molecule has 39 heavy (non-hydrogen) atoms. The summed E-state index contributed by atoms with van der Waals surface area (Å²) in [6, 6.07) is 41.8. The summed E-state index contributed by atoms with van der Waals surface area (Å²) in [5, 5.41) is 19.0. The van der Waals surface area contributed by atoms with Gasteiger partial charge in [-0.2, -0.15) is 0 Å². The third kappa shape index (κ3) is 6.18. The first-order valence-corrected chi connectivity index (χ1v) is 13.2. The van der Waals surface area contributed by atoms with Gasteiger partial charge >= 0.3 is 0 Å². The average molecular weight is 512 g/mol. The molecular formula is C36H33NO2. The molecule has 0 aliphatic carbocycles. The van der Waals surface area contributed by atoms with E-state index >= 15 is 0 Å². The third-order valence-electron chi connectivity index (χ3n) is 6.94.